The lowest BCUT2D eigenvalue weighted by Crippen LogP contribution is -2.38. The van der Waals surface area contributed by atoms with Crippen LogP contribution in [-0.4, -0.2) is 30.9 Å². The maximum atomic E-state index is 13.4. The summed E-state index contributed by atoms with van der Waals surface area (Å²) in [4.78, 5) is 3.67. The Morgan fingerprint density at radius 1 is 1.53 bits per heavy atom. The van der Waals surface area contributed by atoms with Crippen LogP contribution in [0, 0.1) is 5.82 Å². The maximum absolute atomic E-state index is 13.4. The zero-order chi connectivity index (χ0) is 10.7. The molecule has 82 valence electrons. The second-order valence-corrected chi connectivity index (χ2v) is 3.41. The molecule has 1 saturated heterocycles. The van der Waals surface area contributed by atoms with Crippen LogP contribution in [-0.2, 0) is 9.47 Å². The number of hydrogen-bond donors (Lipinski definition) is 1. The van der Waals surface area contributed by atoms with Crippen molar-refractivity contribution in [2.75, 3.05) is 19.8 Å². The molecule has 2 rings (SSSR count). The maximum Gasteiger partial charge on any atom is 0.146 e. The van der Waals surface area contributed by atoms with Crippen molar-refractivity contribution in [1.29, 1.82) is 0 Å². The fraction of sp³-hybridized carbons (Fsp3) is 0.500. The lowest BCUT2D eigenvalue weighted by molar-refractivity contribution is -0.0978. The highest BCUT2D eigenvalue weighted by molar-refractivity contribution is 5.18. The highest BCUT2D eigenvalue weighted by Gasteiger charge is 2.25. The lowest BCUT2D eigenvalue weighted by atomic mass is 10.0. The number of hydrogen-bond acceptors (Lipinski definition) is 4. The first-order valence-electron chi connectivity index (χ1n) is 4.83. The monoisotopic (exact) mass is 212 g/mol. The third-order valence-electron chi connectivity index (χ3n) is 2.41. The van der Waals surface area contributed by atoms with Gasteiger partial charge in [0.25, 0.3) is 0 Å². The predicted octanol–water partition coefficient (Wildman–Crippen LogP) is 0.636. The molecule has 0 saturated carbocycles. The Balaban J connectivity index is 2.12. The number of aromatic nitrogens is 1. The van der Waals surface area contributed by atoms with E-state index in [9.17, 15) is 4.39 Å². The average Bonchev–Trinajstić information content (AvgIpc) is 2.30. The number of nitrogens with zero attached hydrogens (tertiary/aromatic N) is 1. The molecule has 2 heterocycles. The van der Waals surface area contributed by atoms with E-state index < -0.39 is 11.9 Å². The summed E-state index contributed by atoms with van der Waals surface area (Å²) < 4.78 is 24.0. The van der Waals surface area contributed by atoms with Crippen LogP contribution in [0.15, 0.2) is 18.5 Å². The molecule has 2 N–H and O–H groups in total. The summed E-state index contributed by atoms with van der Waals surface area (Å²) in [6.07, 6.45) is 2.39. The van der Waals surface area contributed by atoms with Crippen LogP contribution in [0.4, 0.5) is 4.39 Å². The smallest absolute Gasteiger partial charge is 0.146 e. The third-order valence-corrected chi connectivity index (χ3v) is 2.41. The van der Waals surface area contributed by atoms with Gasteiger partial charge in [0.2, 0.25) is 0 Å². The number of ether oxygens (including phenoxy) is 2. The molecule has 5 heteroatoms. The summed E-state index contributed by atoms with van der Waals surface area (Å²) in [6.45, 7) is 1.48. The molecular formula is C10H13FN2O2. The van der Waals surface area contributed by atoms with Gasteiger partial charge >= 0.3 is 0 Å². The van der Waals surface area contributed by atoms with Gasteiger partial charge in [-0.25, -0.2) is 4.39 Å². The molecule has 1 aliphatic heterocycles. The first-order valence-corrected chi connectivity index (χ1v) is 4.83. The molecule has 0 spiro atoms. The van der Waals surface area contributed by atoms with E-state index in [1.54, 1.807) is 6.07 Å². The van der Waals surface area contributed by atoms with E-state index in [2.05, 4.69) is 4.98 Å². The highest BCUT2D eigenvalue weighted by Crippen LogP contribution is 2.20. The number of pyridine rings is 1. The van der Waals surface area contributed by atoms with E-state index in [-0.39, 0.29) is 6.10 Å². The molecule has 0 aromatic carbocycles. The van der Waals surface area contributed by atoms with Crippen molar-refractivity contribution in [3.05, 3.63) is 29.8 Å². The summed E-state index contributed by atoms with van der Waals surface area (Å²) in [5.74, 6) is -0.404. The first-order chi connectivity index (χ1) is 7.29. The van der Waals surface area contributed by atoms with Gasteiger partial charge in [-0.3, -0.25) is 4.98 Å². The van der Waals surface area contributed by atoms with E-state index in [0.717, 1.165) is 6.20 Å². The van der Waals surface area contributed by atoms with Crippen molar-refractivity contribution in [2.45, 2.75) is 12.1 Å². The Hall–Kier alpha value is -1.04. The minimum absolute atomic E-state index is 0.282. The largest absolute Gasteiger partial charge is 0.376 e. The average molecular weight is 212 g/mol. The van der Waals surface area contributed by atoms with Gasteiger partial charge in [0.1, 0.15) is 11.9 Å². The zero-order valence-corrected chi connectivity index (χ0v) is 8.23. The summed E-state index contributed by atoms with van der Waals surface area (Å²) >= 11 is 0. The lowest BCUT2D eigenvalue weighted by Gasteiger charge is -2.28. The van der Waals surface area contributed by atoms with Crippen molar-refractivity contribution in [2.24, 2.45) is 5.73 Å². The van der Waals surface area contributed by atoms with Gasteiger partial charge in [-0.1, -0.05) is 0 Å². The van der Waals surface area contributed by atoms with Gasteiger partial charge < -0.3 is 15.2 Å². The van der Waals surface area contributed by atoms with Crippen molar-refractivity contribution in [3.63, 3.8) is 0 Å². The molecule has 15 heavy (non-hydrogen) atoms. The van der Waals surface area contributed by atoms with E-state index in [1.165, 1.54) is 6.20 Å². The van der Waals surface area contributed by atoms with E-state index >= 15 is 0 Å². The molecule has 0 amide bonds. The van der Waals surface area contributed by atoms with Gasteiger partial charge in [-0.2, -0.15) is 0 Å². The molecule has 0 bridgehead atoms. The second-order valence-electron chi connectivity index (χ2n) is 3.41. The molecule has 2 atom stereocenters. The van der Waals surface area contributed by atoms with Crippen molar-refractivity contribution < 1.29 is 13.9 Å². The zero-order valence-electron chi connectivity index (χ0n) is 8.23. The topological polar surface area (TPSA) is 57.4 Å². The van der Waals surface area contributed by atoms with E-state index in [0.29, 0.717) is 25.4 Å². The van der Waals surface area contributed by atoms with Gasteiger partial charge in [-0.15, -0.1) is 0 Å². The standard InChI is InChI=1S/C10H13FN2O2/c11-8-5-13-2-1-7(8)10(12)9-6-14-3-4-15-9/h1-2,5,9-10H,3-4,6,12H2. The molecule has 0 aliphatic carbocycles. The van der Waals surface area contributed by atoms with Crippen LogP contribution < -0.4 is 5.73 Å². The van der Waals surface area contributed by atoms with Crippen molar-refractivity contribution in [1.82, 2.24) is 4.98 Å². The molecule has 1 aromatic rings. The predicted molar refractivity (Wildman–Crippen MR) is 51.7 cm³/mol. The Labute approximate surface area is 87.2 Å². The van der Waals surface area contributed by atoms with Crippen LogP contribution in [0.1, 0.15) is 11.6 Å². The van der Waals surface area contributed by atoms with E-state index in [1.807, 2.05) is 0 Å². The fourth-order valence-electron chi connectivity index (χ4n) is 1.57. The fourth-order valence-corrected chi connectivity index (χ4v) is 1.57. The summed E-state index contributed by atoms with van der Waals surface area (Å²) in [5.41, 5.74) is 6.31. The van der Waals surface area contributed by atoms with Gasteiger partial charge in [-0.05, 0) is 6.07 Å². The molecule has 0 radical (unpaired) electrons. The van der Waals surface area contributed by atoms with Crippen LogP contribution in [0.3, 0.4) is 0 Å². The SMILES string of the molecule is NC(c1ccncc1F)C1COCCO1. The Morgan fingerprint density at radius 2 is 2.40 bits per heavy atom. The highest BCUT2D eigenvalue weighted by atomic mass is 19.1. The van der Waals surface area contributed by atoms with Crippen LogP contribution in [0.5, 0.6) is 0 Å². The second kappa shape index (κ2) is 4.65. The van der Waals surface area contributed by atoms with Crippen LogP contribution in [0.2, 0.25) is 0 Å². The molecule has 2 unspecified atom stereocenters. The van der Waals surface area contributed by atoms with Gasteiger partial charge in [0, 0.05) is 11.8 Å². The Morgan fingerprint density at radius 3 is 3.07 bits per heavy atom. The summed E-state index contributed by atoms with van der Waals surface area (Å²) in [7, 11) is 0. The van der Waals surface area contributed by atoms with Gasteiger partial charge in [0.05, 0.1) is 32.1 Å². The first kappa shape index (κ1) is 10.5. The molecule has 1 aliphatic rings. The number of rotatable bonds is 2. The van der Waals surface area contributed by atoms with Crippen LogP contribution in [0.25, 0.3) is 0 Å². The summed E-state index contributed by atoms with van der Waals surface area (Å²) in [6, 6.07) is 1.06. The third kappa shape index (κ3) is 2.31. The van der Waals surface area contributed by atoms with Gasteiger partial charge in [0.15, 0.2) is 0 Å². The molecular weight excluding hydrogens is 199 g/mol. The Kier molecular flexibility index (Phi) is 3.25. The molecule has 1 aromatic heterocycles. The quantitative estimate of drug-likeness (QED) is 0.781. The Bertz CT molecular complexity index is 329. The summed E-state index contributed by atoms with van der Waals surface area (Å²) in [5, 5.41) is 0. The van der Waals surface area contributed by atoms with Crippen molar-refractivity contribution >= 4 is 0 Å². The minimum Gasteiger partial charge on any atom is -0.376 e. The van der Waals surface area contributed by atoms with Crippen molar-refractivity contribution in [3.8, 4) is 0 Å². The molecule has 1 fully saturated rings. The van der Waals surface area contributed by atoms with E-state index in [4.69, 9.17) is 15.2 Å². The number of halogens is 1. The number of nitrogens with two attached hydrogens (primary N) is 1. The molecule has 4 nitrogen and oxygen atoms in total. The minimum atomic E-state index is -0.506. The normalized spacial score (nSPS) is 23.7. The van der Waals surface area contributed by atoms with Crippen LogP contribution >= 0.6 is 0 Å².